The zero-order chi connectivity index (χ0) is 15.2. The van der Waals surface area contributed by atoms with Gasteiger partial charge in [-0.2, -0.15) is 0 Å². The summed E-state index contributed by atoms with van der Waals surface area (Å²) in [7, 11) is 0. The van der Waals surface area contributed by atoms with Gasteiger partial charge >= 0.3 is 0 Å². The Balaban J connectivity index is 1.92. The first-order valence-electron chi connectivity index (χ1n) is 6.99. The number of carbonyl (C=O) groups is 1. The standard InChI is InChI=1S/C15H20N4OS/c1-4-8-19-12(3)17-18-15(19)21-10-14(20)16-13-7-5-6-11(2)9-13/h5-7,9H,4,8,10H2,1-3H3,(H,16,20). The highest BCUT2D eigenvalue weighted by atomic mass is 32.2. The molecule has 0 aliphatic carbocycles. The number of benzene rings is 1. The van der Waals surface area contributed by atoms with Crippen molar-refractivity contribution in [3.8, 4) is 0 Å². The molecule has 2 aromatic rings. The Labute approximate surface area is 129 Å². The van der Waals surface area contributed by atoms with Crippen molar-refractivity contribution in [2.75, 3.05) is 11.1 Å². The Morgan fingerprint density at radius 3 is 2.86 bits per heavy atom. The maximum atomic E-state index is 12.0. The summed E-state index contributed by atoms with van der Waals surface area (Å²) in [6.45, 7) is 6.92. The van der Waals surface area contributed by atoms with Gasteiger partial charge in [-0.15, -0.1) is 10.2 Å². The normalized spacial score (nSPS) is 10.6. The fourth-order valence-corrected chi connectivity index (χ4v) is 2.81. The first-order chi connectivity index (χ1) is 10.1. The van der Waals surface area contributed by atoms with E-state index >= 15 is 0 Å². The monoisotopic (exact) mass is 304 g/mol. The quantitative estimate of drug-likeness (QED) is 0.833. The smallest absolute Gasteiger partial charge is 0.234 e. The number of amides is 1. The van der Waals surface area contributed by atoms with Gasteiger partial charge in [0.1, 0.15) is 5.82 Å². The van der Waals surface area contributed by atoms with Crippen molar-refractivity contribution in [3.63, 3.8) is 0 Å². The molecule has 5 nitrogen and oxygen atoms in total. The predicted octanol–water partition coefficient (Wildman–Crippen LogP) is 3.04. The number of hydrogen-bond acceptors (Lipinski definition) is 4. The first kappa shape index (κ1) is 15.6. The molecular formula is C15H20N4OS. The fourth-order valence-electron chi connectivity index (χ4n) is 2.00. The predicted molar refractivity (Wildman–Crippen MR) is 85.6 cm³/mol. The molecule has 0 aliphatic rings. The van der Waals surface area contributed by atoms with Crippen LogP contribution < -0.4 is 5.32 Å². The topological polar surface area (TPSA) is 59.8 Å². The highest BCUT2D eigenvalue weighted by Crippen LogP contribution is 2.18. The number of nitrogens with zero attached hydrogens (tertiary/aromatic N) is 3. The maximum absolute atomic E-state index is 12.0. The molecular weight excluding hydrogens is 284 g/mol. The molecule has 0 unspecified atom stereocenters. The second-order valence-electron chi connectivity index (χ2n) is 4.89. The van der Waals surface area contributed by atoms with Crippen molar-refractivity contribution in [2.24, 2.45) is 0 Å². The summed E-state index contributed by atoms with van der Waals surface area (Å²) in [5, 5.41) is 11.9. The highest BCUT2D eigenvalue weighted by molar-refractivity contribution is 7.99. The minimum Gasteiger partial charge on any atom is -0.325 e. The molecule has 0 fully saturated rings. The fraction of sp³-hybridized carbons (Fsp3) is 0.400. The van der Waals surface area contributed by atoms with Gasteiger partial charge in [0.25, 0.3) is 0 Å². The van der Waals surface area contributed by atoms with Crippen molar-refractivity contribution < 1.29 is 4.79 Å². The van der Waals surface area contributed by atoms with Gasteiger partial charge in [0, 0.05) is 12.2 Å². The molecule has 0 bridgehead atoms. The Kier molecular flexibility index (Phi) is 5.38. The largest absolute Gasteiger partial charge is 0.325 e. The van der Waals surface area contributed by atoms with E-state index in [2.05, 4.69) is 22.4 Å². The van der Waals surface area contributed by atoms with Crippen molar-refractivity contribution in [1.82, 2.24) is 14.8 Å². The van der Waals surface area contributed by atoms with Gasteiger partial charge in [-0.25, -0.2) is 0 Å². The summed E-state index contributed by atoms with van der Waals surface area (Å²) in [4.78, 5) is 12.0. The molecule has 6 heteroatoms. The van der Waals surface area contributed by atoms with Gasteiger partial charge in [0.15, 0.2) is 5.16 Å². The molecule has 1 heterocycles. The molecule has 0 spiro atoms. The SMILES string of the molecule is CCCn1c(C)nnc1SCC(=O)Nc1cccc(C)c1. The summed E-state index contributed by atoms with van der Waals surface area (Å²) < 4.78 is 2.05. The van der Waals surface area contributed by atoms with Crippen molar-refractivity contribution in [3.05, 3.63) is 35.7 Å². The lowest BCUT2D eigenvalue weighted by molar-refractivity contribution is -0.113. The van der Waals surface area contributed by atoms with Gasteiger partial charge in [-0.3, -0.25) is 4.79 Å². The van der Waals surface area contributed by atoms with Crippen LogP contribution in [0.2, 0.25) is 0 Å². The zero-order valence-corrected chi connectivity index (χ0v) is 13.4. The molecule has 112 valence electrons. The lowest BCUT2D eigenvalue weighted by atomic mass is 10.2. The van der Waals surface area contributed by atoms with Crippen molar-refractivity contribution >= 4 is 23.4 Å². The van der Waals surface area contributed by atoms with Crippen LogP contribution in [-0.4, -0.2) is 26.4 Å². The highest BCUT2D eigenvalue weighted by Gasteiger charge is 2.11. The zero-order valence-electron chi connectivity index (χ0n) is 12.6. The van der Waals surface area contributed by atoms with E-state index in [1.807, 2.05) is 42.7 Å². The van der Waals surface area contributed by atoms with Crippen molar-refractivity contribution in [1.29, 1.82) is 0 Å². The van der Waals surface area contributed by atoms with E-state index in [9.17, 15) is 4.79 Å². The molecule has 1 aromatic carbocycles. The third kappa shape index (κ3) is 4.32. The van der Waals surface area contributed by atoms with E-state index in [1.165, 1.54) is 11.8 Å². The molecule has 1 N–H and O–H groups in total. The van der Waals surface area contributed by atoms with Crippen LogP contribution in [0, 0.1) is 13.8 Å². The maximum Gasteiger partial charge on any atom is 0.234 e. The van der Waals surface area contributed by atoms with Crippen LogP contribution in [0.1, 0.15) is 24.7 Å². The molecule has 2 rings (SSSR count). The van der Waals surface area contributed by atoms with Crippen LogP contribution in [0.15, 0.2) is 29.4 Å². The number of carbonyl (C=O) groups excluding carboxylic acids is 1. The lowest BCUT2D eigenvalue weighted by Crippen LogP contribution is -2.14. The Hall–Kier alpha value is -1.82. The van der Waals surface area contributed by atoms with Crippen molar-refractivity contribution in [2.45, 2.75) is 38.9 Å². The summed E-state index contributed by atoms with van der Waals surface area (Å²) in [5.41, 5.74) is 1.95. The molecule has 21 heavy (non-hydrogen) atoms. The van der Waals surface area contributed by atoms with E-state index in [0.717, 1.165) is 35.2 Å². The third-order valence-electron chi connectivity index (χ3n) is 2.98. The minimum absolute atomic E-state index is 0.0331. The minimum atomic E-state index is -0.0331. The van der Waals surface area contributed by atoms with Gasteiger partial charge in [-0.1, -0.05) is 30.8 Å². The van der Waals surface area contributed by atoms with E-state index in [1.54, 1.807) is 0 Å². The summed E-state index contributed by atoms with van der Waals surface area (Å²) in [5.74, 6) is 1.18. The summed E-state index contributed by atoms with van der Waals surface area (Å²) in [6.07, 6.45) is 1.02. The first-order valence-corrected chi connectivity index (χ1v) is 7.98. The van der Waals surface area contributed by atoms with E-state index in [0.29, 0.717) is 5.75 Å². The van der Waals surface area contributed by atoms with Crippen LogP contribution in [-0.2, 0) is 11.3 Å². The van der Waals surface area contributed by atoms with Crippen LogP contribution in [0.3, 0.4) is 0 Å². The van der Waals surface area contributed by atoms with E-state index in [-0.39, 0.29) is 5.91 Å². The Morgan fingerprint density at radius 1 is 1.33 bits per heavy atom. The lowest BCUT2D eigenvalue weighted by Gasteiger charge is -2.07. The van der Waals surface area contributed by atoms with Crippen LogP contribution in [0.25, 0.3) is 0 Å². The second-order valence-corrected chi connectivity index (χ2v) is 5.83. The Bertz CT molecular complexity index is 624. The van der Waals surface area contributed by atoms with Gasteiger partial charge in [0.05, 0.1) is 5.75 Å². The summed E-state index contributed by atoms with van der Waals surface area (Å²) in [6, 6.07) is 7.77. The van der Waals surface area contributed by atoms with Gasteiger partial charge in [0.2, 0.25) is 5.91 Å². The molecule has 1 amide bonds. The number of hydrogen-bond donors (Lipinski definition) is 1. The number of thioether (sulfide) groups is 1. The van der Waals surface area contributed by atoms with Crippen LogP contribution in [0.5, 0.6) is 0 Å². The van der Waals surface area contributed by atoms with Gasteiger partial charge in [-0.05, 0) is 38.0 Å². The Morgan fingerprint density at radius 2 is 2.14 bits per heavy atom. The number of aromatic nitrogens is 3. The van der Waals surface area contributed by atoms with E-state index in [4.69, 9.17) is 0 Å². The molecule has 0 saturated carbocycles. The molecule has 1 aromatic heterocycles. The average molecular weight is 304 g/mol. The van der Waals surface area contributed by atoms with Crippen LogP contribution in [0.4, 0.5) is 5.69 Å². The second kappa shape index (κ2) is 7.26. The number of anilines is 1. The number of nitrogens with one attached hydrogen (secondary N) is 1. The molecule has 0 saturated heterocycles. The molecule has 0 aliphatic heterocycles. The number of aryl methyl sites for hydroxylation is 2. The average Bonchev–Trinajstić information content (AvgIpc) is 2.78. The third-order valence-corrected chi connectivity index (χ3v) is 3.95. The summed E-state index contributed by atoms with van der Waals surface area (Å²) >= 11 is 1.42. The number of rotatable bonds is 6. The van der Waals surface area contributed by atoms with E-state index < -0.39 is 0 Å². The van der Waals surface area contributed by atoms with Crippen LogP contribution >= 0.6 is 11.8 Å². The van der Waals surface area contributed by atoms with Gasteiger partial charge < -0.3 is 9.88 Å². The molecule has 0 atom stereocenters. The molecule has 0 radical (unpaired) electrons.